The van der Waals surface area contributed by atoms with Crippen molar-refractivity contribution in [2.75, 3.05) is 0 Å². The molecule has 0 saturated heterocycles. The van der Waals surface area contributed by atoms with Gasteiger partial charge in [-0.3, -0.25) is 0 Å². The lowest BCUT2D eigenvalue weighted by Crippen LogP contribution is -2.34. The zero-order chi connectivity index (χ0) is 9.47. The first kappa shape index (κ1) is 8.57. The van der Waals surface area contributed by atoms with Crippen LogP contribution in [0.5, 0.6) is 5.75 Å². The third-order valence-electron chi connectivity index (χ3n) is 2.35. The van der Waals surface area contributed by atoms with Gasteiger partial charge in [0, 0.05) is 12.0 Å². The summed E-state index contributed by atoms with van der Waals surface area (Å²) in [5.41, 5.74) is 0.648. The van der Waals surface area contributed by atoms with Gasteiger partial charge in [-0.15, -0.1) is 0 Å². The largest absolute Gasteiger partial charge is 0.487 e. The van der Waals surface area contributed by atoms with Gasteiger partial charge in [0.25, 0.3) is 0 Å². The summed E-state index contributed by atoms with van der Waals surface area (Å²) in [5, 5.41) is 9.82. The molecule has 0 unspecified atom stereocenters. The van der Waals surface area contributed by atoms with Crippen molar-refractivity contribution < 1.29 is 9.84 Å². The van der Waals surface area contributed by atoms with Crippen molar-refractivity contribution in [2.45, 2.75) is 32.0 Å². The number of benzene rings is 1. The molecule has 1 N–H and O–H groups in total. The first-order chi connectivity index (χ1) is 6.08. The van der Waals surface area contributed by atoms with Crippen LogP contribution in [0.3, 0.4) is 0 Å². The van der Waals surface area contributed by atoms with Gasteiger partial charge >= 0.3 is 0 Å². The minimum absolute atomic E-state index is 0.256. The van der Waals surface area contributed by atoms with Crippen molar-refractivity contribution >= 4 is 0 Å². The molecule has 0 aliphatic carbocycles. The summed E-state index contributed by atoms with van der Waals surface area (Å²) in [7, 11) is 0. The molecule has 0 bridgehead atoms. The summed E-state index contributed by atoms with van der Waals surface area (Å²) >= 11 is 0. The van der Waals surface area contributed by atoms with Gasteiger partial charge in [-0.2, -0.15) is 0 Å². The Bertz CT molecular complexity index is 318. The molecule has 0 spiro atoms. The van der Waals surface area contributed by atoms with Crippen LogP contribution in [0.1, 0.15) is 31.9 Å². The lowest BCUT2D eigenvalue weighted by molar-refractivity contribution is 0.0115. The second-order valence-electron chi connectivity index (χ2n) is 4.12. The summed E-state index contributed by atoms with van der Waals surface area (Å²) in [4.78, 5) is 0. The molecule has 1 aliphatic rings. The van der Waals surface area contributed by atoms with E-state index in [-0.39, 0.29) is 11.7 Å². The van der Waals surface area contributed by atoms with Crippen LogP contribution >= 0.6 is 0 Å². The smallest absolute Gasteiger partial charge is 0.125 e. The minimum atomic E-state index is -0.389. The zero-order valence-electron chi connectivity index (χ0n) is 7.95. The molecule has 0 saturated carbocycles. The number of aliphatic hydroxyl groups excluding tert-OH is 1. The van der Waals surface area contributed by atoms with Crippen molar-refractivity contribution in [1.29, 1.82) is 0 Å². The lowest BCUT2D eigenvalue weighted by atomic mass is 9.92. The number of hydrogen-bond donors (Lipinski definition) is 1. The maximum Gasteiger partial charge on any atom is 0.125 e. The van der Waals surface area contributed by atoms with Gasteiger partial charge in [0.2, 0.25) is 0 Å². The number of para-hydroxylation sites is 1. The van der Waals surface area contributed by atoms with E-state index in [4.69, 9.17) is 4.74 Å². The quantitative estimate of drug-likeness (QED) is 0.660. The number of rotatable bonds is 0. The third kappa shape index (κ3) is 1.54. The van der Waals surface area contributed by atoms with E-state index in [0.717, 1.165) is 11.3 Å². The highest BCUT2D eigenvalue weighted by Gasteiger charge is 2.31. The molecule has 70 valence electrons. The van der Waals surface area contributed by atoms with Crippen LogP contribution in [0.15, 0.2) is 24.3 Å². The van der Waals surface area contributed by atoms with Crippen LogP contribution in [0.25, 0.3) is 0 Å². The van der Waals surface area contributed by atoms with E-state index in [9.17, 15) is 5.11 Å². The van der Waals surface area contributed by atoms with Crippen LogP contribution in [-0.4, -0.2) is 10.7 Å². The highest BCUT2D eigenvalue weighted by Crippen LogP contribution is 2.38. The fraction of sp³-hybridized carbons (Fsp3) is 0.455. The van der Waals surface area contributed by atoms with Gasteiger partial charge in [-0.1, -0.05) is 18.2 Å². The van der Waals surface area contributed by atoms with E-state index in [2.05, 4.69) is 0 Å². The number of fused-ring (bicyclic) bond motifs is 1. The number of aliphatic hydroxyl groups is 1. The SMILES string of the molecule is CC1(C)C[C@@H](O)c2ccccc2O1. The van der Waals surface area contributed by atoms with Gasteiger partial charge in [0.15, 0.2) is 0 Å². The Balaban J connectivity index is 2.43. The van der Waals surface area contributed by atoms with Crippen LogP contribution in [-0.2, 0) is 0 Å². The molecule has 1 aromatic carbocycles. The normalized spacial score (nSPS) is 24.7. The zero-order valence-corrected chi connectivity index (χ0v) is 7.95. The Morgan fingerprint density at radius 3 is 2.85 bits per heavy atom. The van der Waals surface area contributed by atoms with Crippen LogP contribution in [0.4, 0.5) is 0 Å². The van der Waals surface area contributed by atoms with E-state index in [1.165, 1.54) is 0 Å². The van der Waals surface area contributed by atoms with E-state index in [1.807, 2.05) is 38.1 Å². The molecule has 13 heavy (non-hydrogen) atoms. The number of hydrogen-bond acceptors (Lipinski definition) is 2. The molecule has 1 atom stereocenters. The lowest BCUT2D eigenvalue weighted by Gasteiger charge is -2.35. The fourth-order valence-corrected chi connectivity index (χ4v) is 1.76. The summed E-state index contributed by atoms with van der Waals surface area (Å²) in [6, 6.07) is 7.66. The Kier molecular flexibility index (Phi) is 1.81. The predicted octanol–water partition coefficient (Wildman–Crippen LogP) is 2.28. The Morgan fingerprint density at radius 2 is 2.08 bits per heavy atom. The van der Waals surface area contributed by atoms with Gasteiger partial charge in [-0.25, -0.2) is 0 Å². The highest BCUT2D eigenvalue weighted by atomic mass is 16.5. The molecule has 0 fully saturated rings. The molecule has 0 amide bonds. The van der Waals surface area contributed by atoms with Crippen LogP contribution < -0.4 is 4.74 Å². The first-order valence-electron chi connectivity index (χ1n) is 4.54. The molecule has 1 heterocycles. The van der Waals surface area contributed by atoms with Crippen molar-refractivity contribution in [3.63, 3.8) is 0 Å². The van der Waals surface area contributed by atoms with Gasteiger partial charge in [0.05, 0.1) is 6.10 Å². The van der Waals surface area contributed by atoms with E-state index < -0.39 is 0 Å². The van der Waals surface area contributed by atoms with E-state index in [1.54, 1.807) is 0 Å². The van der Waals surface area contributed by atoms with Gasteiger partial charge in [-0.05, 0) is 19.9 Å². The third-order valence-corrected chi connectivity index (χ3v) is 2.35. The van der Waals surface area contributed by atoms with Gasteiger partial charge in [0.1, 0.15) is 11.4 Å². The van der Waals surface area contributed by atoms with E-state index in [0.29, 0.717) is 6.42 Å². The molecule has 2 heteroatoms. The number of ether oxygens (including phenoxy) is 1. The molecule has 0 aromatic heterocycles. The molecule has 0 radical (unpaired) electrons. The maximum absolute atomic E-state index is 9.82. The summed E-state index contributed by atoms with van der Waals surface area (Å²) in [5.74, 6) is 0.811. The molecule has 2 nitrogen and oxygen atoms in total. The Morgan fingerprint density at radius 1 is 1.38 bits per heavy atom. The first-order valence-corrected chi connectivity index (χ1v) is 4.54. The summed E-state index contributed by atoms with van der Waals surface area (Å²) in [6.07, 6.45) is 0.268. The van der Waals surface area contributed by atoms with Crippen molar-refractivity contribution in [3.05, 3.63) is 29.8 Å². The molecule has 2 rings (SSSR count). The topological polar surface area (TPSA) is 29.5 Å². The second-order valence-corrected chi connectivity index (χ2v) is 4.12. The van der Waals surface area contributed by atoms with Gasteiger partial charge < -0.3 is 9.84 Å². The van der Waals surface area contributed by atoms with Crippen molar-refractivity contribution in [1.82, 2.24) is 0 Å². The molecule has 1 aromatic rings. The van der Waals surface area contributed by atoms with Crippen molar-refractivity contribution in [2.24, 2.45) is 0 Å². The molecular formula is C11H14O2. The molecular weight excluding hydrogens is 164 g/mol. The van der Waals surface area contributed by atoms with Crippen LogP contribution in [0.2, 0.25) is 0 Å². The standard InChI is InChI=1S/C11H14O2/c1-11(2)7-9(12)8-5-3-4-6-10(8)13-11/h3-6,9,12H,7H2,1-2H3/t9-/m1/s1. The second kappa shape index (κ2) is 2.74. The Hall–Kier alpha value is -1.02. The highest BCUT2D eigenvalue weighted by molar-refractivity contribution is 5.37. The van der Waals surface area contributed by atoms with E-state index >= 15 is 0 Å². The van der Waals surface area contributed by atoms with Crippen molar-refractivity contribution in [3.8, 4) is 5.75 Å². The molecule has 1 aliphatic heterocycles. The maximum atomic E-state index is 9.82. The Labute approximate surface area is 78.2 Å². The van der Waals surface area contributed by atoms with Crippen LogP contribution in [0, 0.1) is 0 Å². The fourth-order valence-electron chi connectivity index (χ4n) is 1.76. The predicted molar refractivity (Wildman–Crippen MR) is 50.7 cm³/mol. The summed E-state index contributed by atoms with van der Waals surface area (Å²) in [6.45, 7) is 3.98. The average Bonchev–Trinajstić information content (AvgIpc) is 2.02. The summed E-state index contributed by atoms with van der Waals surface area (Å²) < 4.78 is 5.73. The minimum Gasteiger partial charge on any atom is -0.487 e. The average molecular weight is 178 g/mol. The monoisotopic (exact) mass is 178 g/mol.